The Labute approximate surface area is 180 Å². The molecule has 3 rings (SSSR count). The average Bonchev–Trinajstić information content (AvgIpc) is 3.08. The van der Waals surface area contributed by atoms with Gasteiger partial charge in [0, 0.05) is 19.0 Å². The second-order valence-corrected chi connectivity index (χ2v) is 7.92. The molecule has 14 heteroatoms. The van der Waals surface area contributed by atoms with Gasteiger partial charge in [0.25, 0.3) is 0 Å². The van der Waals surface area contributed by atoms with E-state index in [0.717, 1.165) is 17.2 Å². The van der Waals surface area contributed by atoms with E-state index in [0.29, 0.717) is 0 Å². The summed E-state index contributed by atoms with van der Waals surface area (Å²) in [5, 5.41) is 8.61. The van der Waals surface area contributed by atoms with Gasteiger partial charge in [0.2, 0.25) is 11.8 Å². The lowest BCUT2D eigenvalue weighted by atomic mass is 10.0. The summed E-state index contributed by atoms with van der Waals surface area (Å²) in [7, 11) is 0. The van der Waals surface area contributed by atoms with Crippen LogP contribution in [0.15, 0.2) is 18.5 Å². The minimum atomic E-state index is -3.36. The molecule has 1 unspecified atom stereocenters. The minimum Gasteiger partial charge on any atom is -0.467 e. The molecule has 1 saturated heterocycles. The number of amides is 1. The van der Waals surface area contributed by atoms with Gasteiger partial charge in [0.05, 0.1) is 18.9 Å². The van der Waals surface area contributed by atoms with Gasteiger partial charge < -0.3 is 24.4 Å². The number of aromatic amines is 1. The molecule has 2 N–H and O–H groups in total. The van der Waals surface area contributed by atoms with Crippen molar-refractivity contribution in [1.82, 2.24) is 25.1 Å². The Morgan fingerprint density at radius 2 is 2.06 bits per heavy atom. The Hall–Kier alpha value is -3.32. The van der Waals surface area contributed by atoms with Crippen molar-refractivity contribution in [2.45, 2.75) is 51.4 Å². The molecule has 0 spiro atoms. The average molecular weight is 462 g/mol. The van der Waals surface area contributed by atoms with Gasteiger partial charge >= 0.3 is 18.6 Å². The molecule has 0 radical (unpaired) electrons. The zero-order valence-corrected chi connectivity index (χ0v) is 17.4. The second-order valence-electron chi connectivity index (χ2n) is 7.92. The number of halogens is 4. The van der Waals surface area contributed by atoms with Crippen molar-refractivity contribution >= 4 is 17.7 Å². The van der Waals surface area contributed by atoms with Crippen LogP contribution in [0.4, 0.5) is 34.0 Å². The van der Waals surface area contributed by atoms with Crippen LogP contribution in [0, 0.1) is 0 Å². The van der Waals surface area contributed by atoms with Crippen molar-refractivity contribution in [3.05, 3.63) is 18.5 Å². The van der Waals surface area contributed by atoms with Crippen LogP contribution in [-0.2, 0) is 4.74 Å². The number of aromatic nitrogens is 4. The summed E-state index contributed by atoms with van der Waals surface area (Å²) in [6, 6.07) is 1.15. The van der Waals surface area contributed by atoms with Gasteiger partial charge in [-0.1, -0.05) is 0 Å². The number of hydrogen-bond acceptors (Lipinski definition) is 8. The van der Waals surface area contributed by atoms with Gasteiger partial charge in [0.1, 0.15) is 11.4 Å². The highest BCUT2D eigenvalue weighted by molar-refractivity contribution is 5.68. The molecule has 2 aromatic heterocycles. The highest BCUT2D eigenvalue weighted by Gasteiger charge is 2.48. The van der Waals surface area contributed by atoms with E-state index < -0.39 is 36.9 Å². The molecule has 0 aliphatic carbocycles. The number of nitrogens with zero attached hydrogens (tertiary/aromatic N) is 4. The third kappa shape index (κ3) is 6.34. The number of H-pyrrole nitrogens is 1. The Kier molecular flexibility index (Phi) is 6.60. The molecule has 1 aliphatic rings. The molecule has 0 saturated carbocycles. The van der Waals surface area contributed by atoms with E-state index in [1.165, 1.54) is 6.20 Å². The summed E-state index contributed by atoms with van der Waals surface area (Å²) in [5.74, 6) is -3.65. The molecule has 1 atom stereocenters. The van der Waals surface area contributed by atoms with Crippen molar-refractivity contribution in [3.63, 3.8) is 0 Å². The van der Waals surface area contributed by atoms with E-state index in [1.54, 1.807) is 20.8 Å². The number of hydrogen-bond donors (Lipinski definition) is 2. The highest BCUT2D eigenvalue weighted by atomic mass is 19.3. The van der Waals surface area contributed by atoms with Gasteiger partial charge in [-0.25, -0.2) is 13.6 Å². The van der Waals surface area contributed by atoms with Crippen molar-refractivity contribution in [2.75, 3.05) is 18.4 Å². The van der Waals surface area contributed by atoms with E-state index in [1.807, 2.05) is 0 Å². The van der Waals surface area contributed by atoms with E-state index >= 15 is 0 Å². The monoisotopic (exact) mass is 462 g/mol. The number of piperidine rings is 1. The van der Waals surface area contributed by atoms with Gasteiger partial charge in [-0.2, -0.15) is 13.8 Å². The summed E-state index contributed by atoms with van der Waals surface area (Å²) < 4.78 is 68.3. The topological polar surface area (TPSA) is 114 Å². The Balaban J connectivity index is 1.61. The van der Waals surface area contributed by atoms with Crippen LogP contribution < -0.4 is 14.8 Å². The predicted molar refractivity (Wildman–Crippen MR) is 102 cm³/mol. The molecule has 1 amide bonds. The van der Waals surface area contributed by atoms with E-state index in [4.69, 9.17) is 9.47 Å². The Morgan fingerprint density at radius 1 is 1.31 bits per heavy atom. The lowest BCUT2D eigenvalue weighted by Gasteiger charge is -2.38. The highest BCUT2D eigenvalue weighted by Crippen LogP contribution is 2.31. The zero-order valence-electron chi connectivity index (χ0n) is 17.4. The van der Waals surface area contributed by atoms with Crippen LogP contribution in [0.25, 0.3) is 0 Å². The smallest absolute Gasteiger partial charge is 0.410 e. The Bertz CT molecular complexity index is 936. The number of carbonyl (C=O) groups excluding carboxylic acids is 1. The largest absolute Gasteiger partial charge is 0.467 e. The number of likely N-dealkylation sites (tertiary alicyclic amines) is 1. The summed E-state index contributed by atoms with van der Waals surface area (Å²) in [6.45, 7) is 1.06. The van der Waals surface area contributed by atoms with Crippen molar-refractivity contribution in [3.8, 4) is 11.8 Å². The van der Waals surface area contributed by atoms with Crippen molar-refractivity contribution in [1.29, 1.82) is 0 Å². The normalized spacial score (nSPS) is 18.4. The first-order valence-electron chi connectivity index (χ1n) is 9.53. The van der Waals surface area contributed by atoms with E-state index in [9.17, 15) is 22.4 Å². The van der Waals surface area contributed by atoms with Crippen LogP contribution >= 0.6 is 0 Å². The lowest BCUT2D eigenvalue weighted by Crippen LogP contribution is -2.56. The zero-order chi connectivity index (χ0) is 23.5. The Morgan fingerprint density at radius 3 is 2.72 bits per heavy atom. The first-order valence-corrected chi connectivity index (χ1v) is 9.53. The third-order valence-corrected chi connectivity index (χ3v) is 4.09. The molecule has 2 aromatic rings. The molecule has 10 nitrogen and oxygen atoms in total. The fourth-order valence-electron chi connectivity index (χ4n) is 2.81. The van der Waals surface area contributed by atoms with Crippen molar-refractivity contribution in [2.24, 2.45) is 0 Å². The summed E-state index contributed by atoms with van der Waals surface area (Å²) >= 11 is 0. The number of ether oxygens (including phenoxy) is 3. The maximum atomic E-state index is 14.6. The van der Waals surface area contributed by atoms with Crippen LogP contribution in [-0.4, -0.2) is 68.5 Å². The molecule has 1 fully saturated rings. The lowest BCUT2D eigenvalue weighted by molar-refractivity contribution is -0.138. The molecule has 176 valence electrons. The number of carbonyl (C=O) groups is 1. The maximum Gasteiger partial charge on any atom is 0.410 e. The van der Waals surface area contributed by atoms with Gasteiger partial charge in [-0.05, 0) is 20.8 Å². The molecule has 32 heavy (non-hydrogen) atoms. The summed E-state index contributed by atoms with van der Waals surface area (Å²) in [5.41, 5.74) is -0.802. The molecule has 0 aromatic carbocycles. The first-order chi connectivity index (χ1) is 14.9. The summed E-state index contributed by atoms with van der Waals surface area (Å²) in [4.78, 5) is 20.9. The van der Waals surface area contributed by atoms with Crippen LogP contribution in [0.3, 0.4) is 0 Å². The number of alkyl halides is 4. The van der Waals surface area contributed by atoms with Crippen LogP contribution in [0.5, 0.6) is 11.8 Å². The fourth-order valence-corrected chi connectivity index (χ4v) is 2.81. The standard InChI is InChI=1S/C18H22F4N6O4/c1-17(2,3)32-16(29)28-5-4-10(18(21,22)9-28)30-14-8-23-7-12(25-14)24-11-6-13(27-26-11)31-15(19)20/h6-8,10,15H,4-5,9H2,1-3H3,(H2,24,25,26,27). The number of nitrogens with one attached hydrogen (secondary N) is 2. The van der Waals surface area contributed by atoms with Gasteiger partial charge in [0.15, 0.2) is 11.9 Å². The van der Waals surface area contributed by atoms with E-state index in [2.05, 4.69) is 30.2 Å². The molecular formula is C18H22F4N6O4. The summed E-state index contributed by atoms with van der Waals surface area (Å²) in [6.07, 6.45) is -0.0921. The first kappa shape index (κ1) is 23.3. The predicted octanol–water partition coefficient (Wildman–Crippen LogP) is 3.57. The molecule has 1 aliphatic heterocycles. The van der Waals surface area contributed by atoms with E-state index in [-0.39, 0.29) is 36.4 Å². The minimum absolute atomic E-state index is 0.0155. The van der Waals surface area contributed by atoms with Gasteiger partial charge in [-0.3, -0.25) is 10.1 Å². The van der Waals surface area contributed by atoms with Crippen LogP contribution in [0.1, 0.15) is 27.2 Å². The van der Waals surface area contributed by atoms with Gasteiger partial charge in [-0.15, -0.1) is 5.10 Å². The maximum absolute atomic E-state index is 14.6. The SMILES string of the molecule is CC(C)(C)OC(=O)N1CCC(Oc2cncc(Nc3cc(OC(F)F)n[nH]3)n2)C(F)(F)C1. The number of anilines is 2. The quantitative estimate of drug-likeness (QED) is 0.627. The molecular weight excluding hydrogens is 440 g/mol. The molecule has 3 heterocycles. The second kappa shape index (κ2) is 9.04. The fraction of sp³-hybridized carbons (Fsp3) is 0.556. The van der Waals surface area contributed by atoms with Crippen LogP contribution in [0.2, 0.25) is 0 Å². The molecule has 0 bridgehead atoms. The number of rotatable bonds is 6. The van der Waals surface area contributed by atoms with Crippen molar-refractivity contribution < 1.29 is 36.6 Å². The third-order valence-electron chi connectivity index (χ3n) is 4.09.